The van der Waals surface area contributed by atoms with Crippen LogP contribution in [0.5, 0.6) is 0 Å². The zero-order valence-corrected chi connectivity index (χ0v) is 15.0. The van der Waals surface area contributed by atoms with Gasteiger partial charge in [0.05, 0.1) is 16.8 Å². The third-order valence-corrected chi connectivity index (χ3v) is 5.96. The van der Waals surface area contributed by atoms with E-state index in [0.717, 1.165) is 26.0 Å². The number of thiophene rings is 1. The van der Waals surface area contributed by atoms with Crippen molar-refractivity contribution in [2.75, 3.05) is 12.8 Å². The lowest BCUT2D eigenvalue weighted by atomic mass is 10.2. The lowest BCUT2D eigenvalue weighted by molar-refractivity contribution is 0.588. The van der Waals surface area contributed by atoms with Gasteiger partial charge < -0.3 is 0 Å². The summed E-state index contributed by atoms with van der Waals surface area (Å²) in [5.41, 5.74) is 2.10. The van der Waals surface area contributed by atoms with E-state index in [9.17, 15) is 8.42 Å². The minimum absolute atomic E-state index is 0.422. The molecule has 0 unspecified atom stereocenters. The summed E-state index contributed by atoms with van der Waals surface area (Å²) in [4.78, 5) is 6.95. The Labute approximate surface area is 143 Å². The molecule has 0 aliphatic carbocycles. The molecule has 4 nitrogen and oxygen atoms in total. The number of hydrogen-bond acceptors (Lipinski definition) is 5. The molecular formula is C16H16N2O2S3. The molecule has 1 aromatic carbocycles. The van der Waals surface area contributed by atoms with E-state index in [4.69, 9.17) is 4.98 Å². The average Bonchev–Trinajstić information content (AvgIpc) is 3.15. The zero-order valence-electron chi connectivity index (χ0n) is 12.5. The summed E-state index contributed by atoms with van der Waals surface area (Å²) in [6.07, 6.45) is 1.86. The van der Waals surface area contributed by atoms with Crippen LogP contribution in [0, 0.1) is 0 Å². The standard InChI is InChI=1S/C16H16N2O2S3/c1-23(19,20)17-10-9-13-7-8-15(22-13)14-11-21-16(18-14)12-5-3-2-4-6-12/h2-8,11,17H,9-10H2,1H3. The highest BCUT2D eigenvalue weighted by Crippen LogP contribution is 2.32. The monoisotopic (exact) mass is 364 g/mol. The number of nitrogens with one attached hydrogen (secondary N) is 1. The molecule has 1 N–H and O–H groups in total. The topological polar surface area (TPSA) is 59.1 Å². The predicted molar refractivity (Wildman–Crippen MR) is 97.4 cm³/mol. The number of rotatable bonds is 6. The highest BCUT2D eigenvalue weighted by atomic mass is 32.2. The molecular weight excluding hydrogens is 348 g/mol. The highest BCUT2D eigenvalue weighted by molar-refractivity contribution is 7.88. The molecule has 0 fully saturated rings. The Kier molecular flexibility index (Phi) is 4.91. The van der Waals surface area contributed by atoms with Crippen LogP contribution in [-0.4, -0.2) is 26.2 Å². The van der Waals surface area contributed by atoms with Gasteiger partial charge in [0, 0.05) is 22.4 Å². The van der Waals surface area contributed by atoms with Crippen LogP contribution >= 0.6 is 22.7 Å². The van der Waals surface area contributed by atoms with E-state index in [1.54, 1.807) is 22.7 Å². The van der Waals surface area contributed by atoms with Crippen molar-refractivity contribution >= 4 is 32.7 Å². The lowest BCUT2D eigenvalue weighted by Gasteiger charge is -1.99. The molecule has 3 rings (SSSR count). The number of sulfonamides is 1. The van der Waals surface area contributed by atoms with Gasteiger partial charge in [0.15, 0.2) is 0 Å². The summed E-state index contributed by atoms with van der Waals surface area (Å²) in [6, 6.07) is 14.2. The molecule has 0 spiro atoms. The lowest BCUT2D eigenvalue weighted by Crippen LogP contribution is -2.23. The van der Waals surface area contributed by atoms with Gasteiger partial charge in [0.25, 0.3) is 0 Å². The molecule has 0 radical (unpaired) electrons. The van der Waals surface area contributed by atoms with Gasteiger partial charge >= 0.3 is 0 Å². The minimum atomic E-state index is -3.12. The Morgan fingerprint density at radius 2 is 1.91 bits per heavy atom. The second-order valence-corrected chi connectivity index (χ2v) is 8.95. The van der Waals surface area contributed by atoms with Gasteiger partial charge in [-0.1, -0.05) is 30.3 Å². The minimum Gasteiger partial charge on any atom is -0.235 e. The first kappa shape index (κ1) is 16.3. The maximum absolute atomic E-state index is 11.1. The van der Waals surface area contributed by atoms with Crippen molar-refractivity contribution in [2.24, 2.45) is 0 Å². The van der Waals surface area contributed by atoms with Crippen molar-refractivity contribution in [3.63, 3.8) is 0 Å². The van der Waals surface area contributed by atoms with E-state index in [-0.39, 0.29) is 0 Å². The third-order valence-electron chi connectivity index (χ3n) is 3.17. The average molecular weight is 365 g/mol. The van der Waals surface area contributed by atoms with Gasteiger partial charge in [-0.2, -0.15) is 0 Å². The van der Waals surface area contributed by atoms with E-state index in [0.29, 0.717) is 13.0 Å². The molecule has 0 bridgehead atoms. The summed E-state index contributed by atoms with van der Waals surface area (Å²) in [6.45, 7) is 0.422. The molecule has 2 heterocycles. The first-order valence-electron chi connectivity index (χ1n) is 7.06. The summed E-state index contributed by atoms with van der Waals surface area (Å²) in [5, 5.41) is 3.07. The predicted octanol–water partition coefficient (Wildman–Crippen LogP) is 3.63. The molecule has 0 atom stereocenters. The third kappa shape index (κ3) is 4.48. The molecule has 3 aromatic rings. The van der Waals surface area contributed by atoms with E-state index >= 15 is 0 Å². The Bertz CT molecular complexity index is 883. The van der Waals surface area contributed by atoms with Crippen LogP contribution in [0.15, 0.2) is 47.8 Å². The van der Waals surface area contributed by atoms with E-state index in [1.165, 1.54) is 6.26 Å². The fourth-order valence-corrected chi connectivity index (χ4v) is 4.45. The van der Waals surface area contributed by atoms with Crippen LogP contribution in [0.25, 0.3) is 21.1 Å². The van der Waals surface area contributed by atoms with Gasteiger partial charge in [-0.3, -0.25) is 0 Å². The molecule has 7 heteroatoms. The van der Waals surface area contributed by atoms with Crippen molar-refractivity contribution in [3.8, 4) is 21.1 Å². The number of thiazole rings is 1. The van der Waals surface area contributed by atoms with Crippen molar-refractivity contribution in [1.82, 2.24) is 9.71 Å². The van der Waals surface area contributed by atoms with Gasteiger partial charge in [-0.25, -0.2) is 18.1 Å². The number of nitrogens with zero attached hydrogens (tertiary/aromatic N) is 1. The molecule has 0 saturated carbocycles. The Balaban J connectivity index is 1.70. The summed E-state index contributed by atoms with van der Waals surface area (Å²) in [7, 11) is -3.12. The normalized spacial score (nSPS) is 11.7. The van der Waals surface area contributed by atoms with Crippen LogP contribution < -0.4 is 4.72 Å². The highest BCUT2D eigenvalue weighted by Gasteiger charge is 2.09. The van der Waals surface area contributed by atoms with Crippen molar-refractivity contribution < 1.29 is 8.42 Å². The summed E-state index contributed by atoms with van der Waals surface area (Å²) < 4.78 is 24.6. The summed E-state index contributed by atoms with van der Waals surface area (Å²) in [5.74, 6) is 0. The molecule has 2 aromatic heterocycles. The quantitative estimate of drug-likeness (QED) is 0.726. The molecule has 23 heavy (non-hydrogen) atoms. The molecule has 0 aliphatic rings. The SMILES string of the molecule is CS(=O)(=O)NCCc1ccc(-c2csc(-c3ccccc3)n2)s1. The van der Waals surface area contributed by atoms with Crippen LogP contribution in [0.4, 0.5) is 0 Å². The van der Waals surface area contributed by atoms with Crippen LogP contribution in [-0.2, 0) is 16.4 Å². The second kappa shape index (κ2) is 6.92. The van der Waals surface area contributed by atoms with Crippen molar-refractivity contribution in [2.45, 2.75) is 6.42 Å². The summed E-state index contributed by atoms with van der Waals surface area (Å²) >= 11 is 3.29. The largest absolute Gasteiger partial charge is 0.235 e. The zero-order chi connectivity index (χ0) is 16.3. The molecule has 0 aliphatic heterocycles. The van der Waals surface area contributed by atoms with E-state index in [2.05, 4.69) is 22.2 Å². The smallest absolute Gasteiger partial charge is 0.208 e. The number of benzene rings is 1. The second-order valence-electron chi connectivity index (χ2n) is 5.09. The van der Waals surface area contributed by atoms with Crippen molar-refractivity contribution in [3.05, 3.63) is 52.7 Å². The number of hydrogen-bond donors (Lipinski definition) is 1. The fourth-order valence-electron chi connectivity index (χ4n) is 2.11. The van der Waals surface area contributed by atoms with E-state index in [1.807, 2.05) is 30.3 Å². The first-order valence-corrected chi connectivity index (χ1v) is 10.6. The molecule has 0 amide bonds. The fraction of sp³-hybridized carbons (Fsp3) is 0.188. The van der Waals surface area contributed by atoms with Gasteiger partial charge in [-0.15, -0.1) is 22.7 Å². The Morgan fingerprint density at radius 1 is 1.13 bits per heavy atom. The van der Waals surface area contributed by atoms with Crippen LogP contribution in [0.1, 0.15) is 4.88 Å². The van der Waals surface area contributed by atoms with Crippen LogP contribution in [0.3, 0.4) is 0 Å². The maximum Gasteiger partial charge on any atom is 0.208 e. The van der Waals surface area contributed by atoms with Crippen LogP contribution in [0.2, 0.25) is 0 Å². The first-order chi connectivity index (χ1) is 11.0. The Hall–Kier alpha value is -1.54. The maximum atomic E-state index is 11.1. The van der Waals surface area contributed by atoms with E-state index < -0.39 is 10.0 Å². The molecule has 120 valence electrons. The van der Waals surface area contributed by atoms with Gasteiger partial charge in [0.1, 0.15) is 5.01 Å². The Morgan fingerprint density at radius 3 is 2.65 bits per heavy atom. The molecule has 0 saturated heterocycles. The van der Waals surface area contributed by atoms with Crippen molar-refractivity contribution in [1.29, 1.82) is 0 Å². The number of aromatic nitrogens is 1. The van der Waals surface area contributed by atoms with Gasteiger partial charge in [-0.05, 0) is 18.6 Å². The van der Waals surface area contributed by atoms with Gasteiger partial charge in [0.2, 0.25) is 10.0 Å².